The van der Waals surface area contributed by atoms with Crippen molar-refractivity contribution < 1.29 is 0 Å². The van der Waals surface area contributed by atoms with E-state index in [2.05, 4.69) is 66.7 Å². The highest BCUT2D eigenvalue weighted by Crippen LogP contribution is 2.43. The molecule has 3 aromatic heterocycles. The summed E-state index contributed by atoms with van der Waals surface area (Å²) in [4.78, 5) is 25.3. The van der Waals surface area contributed by atoms with E-state index >= 15 is 0 Å². The van der Waals surface area contributed by atoms with Crippen LogP contribution >= 0.6 is 11.3 Å². The normalized spacial score (nSPS) is 11.3. The summed E-state index contributed by atoms with van der Waals surface area (Å²) in [5, 5.41) is 2.24. The fourth-order valence-electron chi connectivity index (χ4n) is 6.22. The molecule has 0 amide bonds. The van der Waals surface area contributed by atoms with Gasteiger partial charge in [-0.15, -0.1) is 11.3 Å². The molecule has 0 unspecified atom stereocenters. The van der Waals surface area contributed by atoms with Crippen molar-refractivity contribution in [2.75, 3.05) is 0 Å². The minimum absolute atomic E-state index is 0.639. The van der Waals surface area contributed by atoms with Crippen LogP contribution in [0.2, 0.25) is 0 Å². The number of hydrogen-bond donors (Lipinski definition) is 0. The Labute approximate surface area is 287 Å². The second-order valence-corrected chi connectivity index (χ2v) is 12.7. The summed E-state index contributed by atoms with van der Waals surface area (Å²) < 4.78 is 2.26. The second kappa shape index (κ2) is 12.3. The first-order valence-electron chi connectivity index (χ1n) is 16.1. The third kappa shape index (κ3) is 5.44. The number of fused-ring (bicyclic) bond motifs is 3. The Morgan fingerprint density at radius 2 is 0.796 bits per heavy atom. The summed E-state index contributed by atoms with van der Waals surface area (Å²) in [6, 6.07) is 55.6. The van der Waals surface area contributed by atoms with E-state index in [1.165, 1.54) is 0 Å². The molecule has 0 saturated heterocycles. The van der Waals surface area contributed by atoms with Crippen LogP contribution in [0.3, 0.4) is 0 Å². The molecule has 49 heavy (non-hydrogen) atoms. The molecule has 9 rings (SSSR count). The van der Waals surface area contributed by atoms with E-state index in [1.807, 2.05) is 97.1 Å². The lowest BCUT2D eigenvalue weighted by Crippen LogP contribution is -2.00. The monoisotopic (exact) mass is 645 g/mol. The third-order valence-electron chi connectivity index (χ3n) is 8.57. The van der Waals surface area contributed by atoms with Crippen LogP contribution in [0, 0.1) is 0 Å². The Balaban J connectivity index is 1.26. The van der Waals surface area contributed by atoms with Crippen LogP contribution in [0.5, 0.6) is 0 Å². The molecule has 5 nitrogen and oxygen atoms in total. The van der Waals surface area contributed by atoms with Crippen LogP contribution in [0.15, 0.2) is 164 Å². The minimum Gasteiger partial charge on any atom is -0.228 e. The maximum Gasteiger partial charge on any atom is 0.165 e. The number of aromatic nitrogens is 5. The molecule has 0 aliphatic carbocycles. The van der Waals surface area contributed by atoms with Crippen LogP contribution in [-0.2, 0) is 0 Å². The molecule has 0 N–H and O–H groups in total. The van der Waals surface area contributed by atoms with Gasteiger partial charge >= 0.3 is 0 Å². The Kier molecular flexibility index (Phi) is 7.26. The standard InChI is InChI=1S/C43H27N5S/c1-5-15-28(16-6-1)35-27-36(29-17-7-2-8-18-29)45-42(44-35)33-24-14-26-37-38(33)32-23-13-25-34(39(32)49-37)43-47-40(30-19-9-3-10-20-30)46-41(48-43)31-21-11-4-12-22-31/h1-27H. The highest BCUT2D eigenvalue weighted by molar-refractivity contribution is 7.26. The van der Waals surface area contributed by atoms with Crippen LogP contribution in [0.4, 0.5) is 0 Å². The molecule has 9 aromatic rings. The average molecular weight is 646 g/mol. The largest absolute Gasteiger partial charge is 0.228 e. The van der Waals surface area contributed by atoms with E-state index in [9.17, 15) is 0 Å². The molecule has 0 spiro atoms. The first kappa shape index (κ1) is 28.8. The lowest BCUT2D eigenvalue weighted by Gasteiger charge is -2.11. The van der Waals surface area contributed by atoms with E-state index in [1.54, 1.807) is 11.3 Å². The molecule has 0 aliphatic heterocycles. The molecule has 0 aliphatic rings. The molecule has 6 aromatic carbocycles. The number of nitrogens with zero attached hydrogens (tertiary/aromatic N) is 5. The van der Waals surface area contributed by atoms with Crippen molar-refractivity contribution in [2.45, 2.75) is 0 Å². The van der Waals surface area contributed by atoms with Gasteiger partial charge in [-0.1, -0.05) is 146 Å². The van der Waals surface area contributed by atoms with Gasteiger partial charge in [-0.25, -0.2) is 24.9 Å². The van der Waals surface area contributed by atoms with Crippen molar-refractivity contribution in [1.29, 1.82) is 0 Å². The predicted molar refractivity (Wildman–Crippen MR) is 201 cm³/mol. The SMILES string of the molecule is c1ccc(-c2cc(-c3ccccc3)nc(-c3cccc4sc5c(-c6nc(-c7ccccc7)nc(-c7ccccc7)n6)cccc5c34)n2)cc1. The Morgan fingerprint density at radius 3 is 1.35 bits per heavy atom. The van der Waals surface area contributed by atoms with Gasteiger partial charge in [-0.2, -0.15) is 0 Å². The topological polar surface area (TPSA) is 64.5 Å². The van der Waals surface area contributed by atoms with Crippen molar-refractivity contribution in [2.24, 2.45) is 0 Å². The van der Waals surface area contributed by atoms with Crippen LogP contribution in [0.25, 0.3) is 88.2 Å². The van der Waals surface area contributed by atoms with E-state index in [-0.39, 0.29) is 0 Å². The zero-order chi connectivity index (χ0) is 32.6. The molecule has 3 heterocycles. The van der Waals surface area contributed by atoms with Gasteiger partial charge in [0.05, 0.1) is 11.4 Å². The molecule has 0 saturated carbocycles. The maximum atomic E-state index is 5.17. The van der Waals surface area contributed by atoms with Crippen LogP contribution < -0.4 is 0 Å². The number of hydrogen-bond acceptors (Lipinski definition) is 6. The highest BCUT2D eigenvalue weighted by Gasteiger charge is 2.20. The van der Waals surface area contributed by atoms with E-state index < -0.39 is 0 Å². The van der Waals surface area contributed by atoms with Crippen molar-refractivity contribution in [3.63, 3.8) is 0 Å². The van der Waals surface area contributed by atoms with E-state index in [0.29, 0.717) is 23.3 Å². The lowest BCUT2D eigenvalue weighted by molar-refractivity contribution is 1.08. The van der Waals surface area contributed by atoms with Crippen molar-refractivity contribution >= 4 is 31.5 Å². The summed E-state index contributed by atoms with van der Waals surface area (Å²) in [5.74, 6) is 2.61. The molecular weight excluding hydrogens is 619 g/mol. The van der Waals surface area contributed by atoms with Gasteiger partial charge in [-0.05, 0) is 18.2 Å². The first-order chi connectivity index (χ1) is 24.3. The van der Waals surface area contributed by atoms with Crippen molar-refractivity contribution in [3.8, 4) is 68.1 Å². The smallest absolute Gasteiger partial charge is 0.165 e. The molecule has 230 valence electrons. The molecule has 0 bridgehead atoms. The predicted octanol–water partition coefficient (Wildman–Crippen LogP) is 11.0. The van der Waals surface area contributed by atoms with Gasteiger partial charge < -0.3 is 0 Å². The third-order valence-corrected chi connectivity index (χ3v) is 9.77. The maximum absolute atomic E-state index is 5.17. The summed E-state index contributed by atoms with van der Waals surface area (Å²) in [7, 11) is 0. The fraction of sp³-hybridized carbons (Fsp3) is 0. The quantitative estimate of drug-likeness (QED) is 0.180. The van der Waals surface area contributed by atoms with Crippen LogP contribution in [0.1, 0.15) is 0 Å². The Hall–Kier alpha value is -6.37. The zero-order valence-corrected chi connectivity index (χ0v) is 27.0. The molecular formula is C43H27N5S. The van der Waals surface area contributed by atoms with Crippen LogP contribution in [-0.4, -0.2) is 24.9 Å². The van der Waals surface area contributed by atoms with Gasteiger partial charge in [0, 0.05) is 53.6 Å². The average Bonchev–Trinajstić information content (AvgIpc) is 3.58. The molecule has 0 radical (unpaired) electrons. The summed E-state index contributed by atoms with van der Waals surface area (Å²) >= 11 is 1.74. The second-order valence-electron chi connectivity index (χ2n) is 11.7. The molecule has 6 heteroatoms. The first-order valence-corrected chi connectivity index (χ1v) is 16.9. The number of rotatable bonds is 6. The summed E-state index contributed by atoms with van der Waals surface area (Å²) in [6.07, 6.45) is 0. The van der Waals surface area contributed by atoms with Gasteiger partial charge in [0.15, 0.2) is 23.3 Å². The fourth-order valence-corrected chi connectivity index (χ4v) is 7.46. The van der Waals surface area contributed by atoms with Crippen molar-refractivity contribution in [3.05, 3.63) is 164 Å². The Morgan fingerprint density at radius 1 is 0.347 bits per heavy atom. The molecule has 0 fully saturated rings. The van der Waals surface area contributed by atoms with Gasteiger partial charge in [0.25, 0.3) is 0 Å². The summed E-state index contributed by atoms with van der Waals surface area (Å²) in [6.45, 7) is 0. The van der Waals surface area contributed by atoms with Gasteiger partial charge in [0.2, 0.25) is 0 Å². The highest BCUT2D eigenvalue weighted by atomic mass is 32.1. The molecule has 0 atom stereocenters. The number of benzene rings is 6. The Bertz CT molecular complexity index is 2470. The van der Waals surface area contributed by atoms with Gasteiger partial charge in [0.1, 0.15) is 0 Å². The summed E-state index contributed by atoms with van der Waals surface area (Å²) in [5.41, 5.74) is 7.70. The minimum atomic E-state index is 0.639. The zero-order valence-electron chi connectivity index (χ0n) is 26.2. The number of thiophene rings is 1. The van der Waals surface area contributed by atoms with Gasteiger partial charge in [-0.3, -0.25) is 0 Å². The van der Waals surface area contributed by atoms with E-state index in [0.717, 1.165) is 64.9 Å². The lowest BCUT2D eigenvalue weighted by atomic mass is 10.0. The van der Waals surface area contributed by atoms with E-state index in [4.69, 9.17) is 24.9 Å². The van der Waals surface area contributed by atoms with Crippen molar-refractivity contribution in [1.82, 2.24) is 24.9 Å².